The zero-order valence-corrected chi connectivity index (χ0v) is 10.3. The van der Waals surface area contributed by atoms with Gasteiger partial charge in [0.2, 0.25) is 6.29 Å². The van der Waals surface area contributed by atoms with Crippen molar-refractivity contribution in [3.8, 4) is 0 Å². The van der Waals surface area contributed by atoms with E-state index in [1.54, 1.807) is 20.4 Å². The first-order valence-electron chi connectivity index (χ1n) is 5.78. The molecular formula is C12H18N2O3. The summed E-state index contributed by atoms with van der Waals surface area (Å²) in [7, 11) is 3.20. The van der Waals surface area contributed by atoms with Gasteiger partial charge in [0, 0.05) is 40.1 Å². The Morgan fingerprint density at radius 3 is 2.94 bits per heavy atom. The van der Waals surface area contributed by atoms with Gasteiger partial charge in [-0.05, 0) is 18.4 Å². The molecule has 2 rings (SSSR count). The minimum absolute atomic E-state index is 0.420. The maximum Gasteiger partial charge on any atom is 0.200 e. The first-order valence-corrected chi connectivity index (χ1v) is 5.78. The summed E-state index contributed by atoms with van der Waals surface area (Å²) in [6.07, 6.45) is 3.27. The van der Waals surface area contributed by atoms with Crippen molar-refractivity contribution in [1.82, 2.24) is 9.97 Å². The molecule has 0 aliphatic carbocycles. The summed E-state index contributed by atoms with van der Waals surface area (Å²) in [5, 5.41) is 0. The van der Waals surface area contributed by atoms with Crippen LogP contribution in [0, 0.1) is 5.92 Å². The van der Waals surface area contributed by atoms with E-state index in [0.717, 1.165) is 37.6 Å². The highest BCUT2D eigenvalue weighted by Gasteiger charge is 2.18. The molecule has 0 aromatic carbocycles. The highest BCUT2D eigenvalue weighted by molar-refractivity contribution is 5.04. The molecule has 0 spiro atoms. The summed E-state index contributed by atoms with van der Waals surface area (Å²) >= 11 is 0. The van der Waals surface area contributed by atoms with E-state index in [9.17, 15) is 0 Å². The van der Waals surface area contributed by atoms with Crippen LogP contribution < -0.4 is 0 Å². The molecule has 1 aromatic rings. The number of rotatable bonds is 5. The van der Waals surface area contributed by atoms with Crippen molar-refractivity contribution in [2.24, 2.45) is 5.92 Å². The summed E-state index contributed by atoms with van der Waals surface area (Å²) in [5.41, 5.74) is 0.763. The largest absolute Gasteiger partial charge is 0.381 e. The van der Waals surface area contributed by atoms with Gasteiger partial charge in [0.05, 0.1) is 5.69 Å². The van der Waals surface area contributed by atoms with Gasteiger partial charge in [-0.15, -0.1) is 0 Å². The third kappa shape index (κ3) is 3.21. The molecule has 0 amide bonds. The second-order valence-corrected chi connectivity index (χ2v) is 4.13. The Balaban J connectivity index is 2.04. The van der Waals surface area contributed by atoms with E-state index >= 15 is 0 Å². The molecule has 0 N–H and O–H groups in total. The summed E-state index contributed by atoms with van der Waals surface area (Å²) in [5.74, 6) is 1.37. The smallest absolute Gasteiger partial charge is 0.200 e. The molecule has 5 heteroatoms. The molecule has 1 fully saturated rings. The number of ether oxygens (including phenoxy) is 3. The summed E-state index contributed by atoms with van der Waals surface area (Å²) in [6.45, 7) is 1.66. The quantitative estimate of drug-likeness (QED) is 0.725. The van der Waals surface area contributed by atoms with E-state index in [-0.39, 0.29) is 0 Å². The maximum absolute atomic E-state index is 5.34. The topological polar surface area (TPSA) is 53.5 Å². The van der Waals surface area contributed by atoms with Gasteiger partial charge in [-0.25, -0.2) is 9.97 Å². The fourth-order valence-electron chi connectivity index (χ4n) is 1.98. The average molecular weight is 238 g/mol. The highest BCUT2D eigenvalue weighted by Crippen LogP contribution is 2.18. The molecule has 1 unspecified atom stereocenters. The number of methoxy groups -OCH3 is 2. The van der Waals surface area contributed by atoms with E-state index in [4.69, 9.17) is 14.2 Å². The van der Waals surface area contributed by atoms with Gasteiger partial charge in [0.15, 0.2) is 0 Å². The molecule has 1 aromatic heterocycles. The molecule has 2 heterocycles. The second-order valence-electron chi connectivity index (χ2n) is 4.13. The van der Waals surface area contributed by atoms with Gasteiger partial charge in [-0.3, -0.25) is 0 Å². The van der Waals surface area contributed by atoms with Crippen molar-refractivity contribution < 1.29 is 14.2 Å². The van der Waals surface area contributed by atoms with Crippen molar-refractivity contribution in [3.05, 3.63) is 23.8 Å². The lowest BCUT2D eigenvalue weighted by molar-refractivity contribution is -0.108. The fourth-order valence-corrected chi connectivity index (χ4v) is 1.98. The predicted octanol–water partition coefficient (Wildman–Crippen LogP) is 1.35. The number of hydrogen-bond donors (Lipinski definition) is 0. The third-order valence-corrected chi connectivity index (χ3v) is 2.89. The minimum Gasteiger partial charge on any atom is -0.381 e. The van der Waals surface area contributed by atoms with Gasteiger partial charge >= 0.3 is 0 Å². The lowest BCUT2D eigenvalue weighted by Gasteiger charge is -2.13. The van der Waals surface area contributed by atoms with Crippen LogP contribution in [0.2, 0.25) is 0 Å². The van der Waals surface area contributed by atoms with Gasteiger partial charge in [-0.1, -0.05) is 0 Å². The Hall–Kier alpha value is -1.04. The molecule has 5 nitrogen and oxygen atoms in total. The molecule has 0 saturated carbocycles. The maximum atomic E-state index is 5.34. The van der Waals surface area contributed by atoms with Crippen molar-refractivity contribution in [1.29, 1.82) is 0 Å². The van der Waals surface area contributed by atoms with Gasteiger partial charge in [-0.2, -0.15) is 0 Å². The fraction of sp³-hybridized carbons (Fsp3) is 0.667. The molecule has 0 radical (unpaired) electrons. The summed E-state index contributed by atoms with van der Waals surface area (Å²) < 4.78 is 15.7. The van der Waals surface area contributed by atoms with E-state index in [1.165, 1.54) is 0 Å². The van der Waals surface area contributed by atoms with Crippen molar-refractivity contribution in [2.45, 2.75) is 19.1 Å². The molecule has 94 valence electrons. The monoisotopic (exact) mass is 238 g/mol. The lowest BCUT2D eigenvalue weighted by atomic mass is 10.0. The standard InChI is InChI=1S/C12H18N2O3/c1-15-12(16-2)10-3-5-13-11(14-10)7-9-4-6-17-8-9/h3,5,9,12H,4,6-8H2,1-2H3. The Labute approximate surface area is 101 Å². The van der Waals surface area contributed by atoms with E-state index in [0.29, 0.717) is 5.92 Å². The van der Waals surface area contributed by atoms with Crippen LogP contribution in [0.25, 0.3) is 0 Å². The van der Waals surface area contributed by atoms with Gasteiger partial charge in [0.25, 0.3) is 0 Å². The van der Waals surface area contributed by atoms with Crippen LogP contribution >= 0.6 is 0 Å². The molecule has 0 bridgehead atoms. The number of aromatic nitrogens is 2. The SMILES string of the molecule is COC(OC)c1ccnc(CC2CCOC2)n1. The molecule has 1 saturated heterocycles. The van der Waals surface area contributed by atoms with Gasteiger partial charge < -0.3 is 14.2 Å². The van der Waals surface area contributed by atoms with Crippen LogP contribution in [-0.2, 0) is 20.6 Å². The lowest BCUT2D eigenvalue weighted by Crippen LogP contribution is -2.11. The van der Waals surface area contributed by atoms with Crippen LogP contribution in [0.5, 0.6) is 0 Å². The van der Waals surface area contributed by atoms with Crippen LogP contribution in [0.15, 0.2) is 12.3 Å². The number of nitrogens with zero attached hydrogens (tertiary/aromatic N) is 2. The van der Waals surface area contributed by atoms with Crippen molar-refractivity contribution >= 4 is 0 Å². The van der Waals surface area contributed by atoms with Crippen LogP contribution in [0.3, 0.4) is 0 Å². The normalized spacial score (nSPS) is 20.1. The van der Waals surface area contributed by atoms with E-state index in [2.05, 4.69) is 9.97 Å². The molecule has 17 heavy (non-hydrogen) atoms. The molecule has 1 aliphatic rings. The molecular weight excluding hydrogens is 220 g/mol. The summed E-state index contributed by atoms with van der Waals surface area (Å²) in [6, 6.07) is 1.81. The molecule has 1 atom stereocenters. The first kappa shape index (κ1) is 12.4. The van der Waals surface area contributed by atoms with Crippen molar-refractivity contribution in [3.63, 3.8) is 0 Å². The highest BCUT2D eigenvalue weighted by atomic mass is 16.7. The summed E-state index contributed by atoms with van der Waals surface area (Å²) in [4.78, 5) is 8.74. The Morgan fingerprint density at radius 1 is 1.47 bits per heavy atom. The van der Waals surface area contributed by atoms with Gasteiger partial charge in [0.1, 0.15) is 5.82 Å². The van der Waals surface area contributed by atoms with Crippen LogP contribution in [0.4, 0.5) is 0 Å². The predicted molar refractivity (Wildman–Crippen MR) is 61.4 cm³/mol. The third-order valence-electron chi connectivity index (χ3n) is 2.89. The molecule has 1 aliphatic heterocycles. The Kier molecular flexibility index (Phi) is 4.42. The second kappa shape index (κ2) is 6.05. The van der Waals surface area contributed by atoms with E-state index in [1.807, 2.05) is 6.07 Å². The Morgan fingerprint density at radius 2 is 2.29 bits per heavy atom. The van der Waals surface area contributed by atoms with E-state index < -0.39 is 6.29 Å². The number of hydrogen-bond acceptors (Lipinski definition) is 5. The zero-order valence-electron chi connectivity index (χ0n) is 10.3. The van der Waals surface area contributed by atoms with Crippen molar-refractivity contribution in [2.75, 3.05) is 27.4 Å². The van der Waals surface area contributed by atoms with Crippen LogP contribution in [-0.4, -0.2) is 37.4 Å². The first-order chi connectivity index (χ1) is 8.33. The Bertz CT molecular complexity index is 349. The average Bonchev–Trinajstić information content (AvgIpc) is 2.84. The minimum atomic E-state index is -0.420. The van der Waals surface area contributed by atoms with Crippen LogP contribution in [0.1, 0.15) is 24.2 Å². The zero-order chi connectivity index (χ0) is 12.1.